The summed E-state index contributed by atoms with van der Waals surface area (Å²) >= 11 is 12.6. The van der Waals surface area contributed by atoms with Gasteiger partial charge in [0.25, 0.3) is 17.5 Å². The molecule has 4 aromatic rings. The van der Waals surface area contributed by atoms with Gasteiger partial charge in [0.2, 0.25) is 11.8 Å². The number of halogens is 5. The lowest BCUT2D eigenvalue weighted by molar-refractivity contribution is -0.384. The van der Waals surface area contributed by atoms with Gasteiger partial charge in [0, 0.05) is 40.9 Å². The van der Waals surface area contributed by atoms with Crippen LogP contribution in [-0.4, -0.2) is 50.8 Å². The highest BCUT2D eigenvalue weighted by molar-refractivity contribution is 6.33. The molecule has 2 saturated heterocycles. The van der Waals surface area contributed by atoms with E-state index in [0.717, 1.165) is 4.90 Å². The molecule has 57 heavy (non-hydrogen) atoms. The number of carbonyl (C=O) groups is 4. The van der Waals surface area contributed by atoms with Crippen LogP contribution in [0.25, 0.3) is 0 Å². The number of hydrogen-bond acceptors (Lipinski definition) is 10. The normalized spacial score (nSPS) is 25.5. The summed E-state index contributed by atoms with van der Waals surface area (Å²) in [7, 11) is 1.35. The van der Waals surface area contributed by atoms with E-state index >= 15 is 4.79 Å². The van der Waals surface area contributed by atoms with E-state index in [1.54, 1.807) is 18.2 Å². The summed E-state index contributed by atoms with van der Waals surface area (Å²) in [5.74, 6) is -8.38. The molecular formula is C39H28Cl2F3N5O8. The van der Waals surface area contributed by atoms with Crippen molar-refractivity contribution in [1.29, 1.82) is 0 Å². The van der Waals surface area contributed by atoms with Gasteiger partial charge in [0.15, 0.2) is 5.82 Å². The molecule has 1 saturated carbocycles. The van der Waals surface area contributed by atoms with E-state index in [0.29, 0.717) is 39.0 Å². The van der Waals surface area contributed by atoms with Crippen LogP contribution in [0.2, 0.25) is 10.0 Å². The second kappa shape index (κ2) is 13.6. The van der Waals surface area contributed by atoms with Crippen molar-refractivity contribution in [2.75, 3.05) is 17.4 Å². The zero-order valence-electron chi connectivity index (χ0n) is 29.4. The number of carbonyl (C=O) groups excluding carboxylic acids is 4. The Morgan fingerprint density at radius 3 is 2.30 bits per heavy atom. The molecule has 3 fully saturated rings. The number of ether oxygens (including phenoxy) is 1. The first-order valence-electron chi connectivity index (χ1n) is 17.4. The number of fused-ring (bicyclic) bond motifs is 4. The number of nitro groups is 1. The van der Waals surface area contributed by atoms with Gasteiger partial charge in [-0.25, -0.2) is 4.98 Å². The van der Waals surface area contributed by atoms with Gasteiger partial charge in [-0.05, 0) is 60.7 Å². The average Bonchev–Trinajstić information content (AvgIpc) is 3.56. The first-order chi connectivity index (χ1) is 27.1. The average molecular weight is 823 g/mol. The number of nitrogens with zero attached hydrogens (tertiary/aromatic N) is 4. The molecule has 18 heteroatoms. The lowest BCUT2D eigenvalue weighted by atomic mass is 9.49. The Labute approximate surface area is 330 Å². The third-order valence-electron chi connectivity index (χ3n) is 11.4. The van der Waals surface area contributed by atoms with Gasteiger partial charge < -0.3 is 9.84 Å². The Kier molecular flexibility index (Phi) is 9.03. The number of methoxy groups -OCH3 is 1. The fourth-order valence-corrected chi connectivity index (χ4v) is 9.38. The minimum absolute atomic E-state index is 0.0536. The maximum Gasteiger partial charge on any atom is 0.417 e. The van der Waals surface area contributed by atoms with Gasteiger partial charge in [-0.1, -0.05) is 53.1 Å². The topological polar surface area (TPSA) is 172 Å². The van der Waals surface area contributed by atoms with E-state index < -0.39 is 86.1 Å². The number of phenolic OH excluding ortho intramolecular Hbond substituents is 1. The number of benzene rings is 3. The number of nitrogens with one attached hydrogen (secondary N) is 1. The van der Waals surface area contributed by atoms with Crippen LogP contribution >= 0.6 is 23.2 Å². The number of anilines is 2. The maximum atomic E-state index is 15.3. The van der Waals surface area contributed by atoms with E-state index in [-0.39, 0.29) is 35.7 Å². The number of phenols is 1. The van der Waals surface area contributed by atoms with E-state index in [1.807, 2.05) is 0 Å². The molecule has 0 unspecified atom stereocenters. The summed E-state index contributed by atoms with van der Waals surface area (Å²) in [4.78, 5) is 74.2. The van der Waals surface area contributed by atoms with Crippen molar-refractivity contribution in [1.82, 2.24) is 9.99 Å². The zero-order valence-corrected chi connectivity index (χ0v) is 30.9. The van der Waals surface area contributed by atoms with Gasteiger partial charge in [0.05, 0.1) is 51.5 Å². The number of alkyl halides is 3. The van der Waals surface area contributed by atoms with Crippen LogP contribution in [0, 0.1) is 33.8 Å². The third kappa shape index (κ3) is 5.79. The number of imide groups is 2. The molecule has 292 valence electrons. The van der Waals surface area contributed by atoms with Crippen molar-refractivity contribution in [3.63, 3.8) is 0 Å². The molecule has 0 bridgehead atoms. The lowest BCUT2D eigenvalue weighted by Crippen LogP contribution is -2.53. The smallest absolute Gasteiger partial charge is 0.417 e. The largest absolute Gasteiger partial charge is 0.508 e. The summed E-state index contributed by atoms with van der Waals surface area (Å²) < 4.78 is 46.2. The molecule has 1 aromatic heterocycles. The number of hydrogen-bond donors (Lipinski definition) is 2. The fraction of sp³-hybridized carbons (Fsp3) is 0.256. The molecule has 13 nitrogen and oxygen atoms in total. The van der Waals surface area contributed by atoms with E-state index in [4.69, 9.17) is 27.9 Å². The minimum atomic E-state index is -4.78. The van der Waals surface area contributed by atoms with E-state index in [1.165, 1.54) is 61.7 Å². The van der Waals surface area contributed by atoms with Gasteiger partial charge in [-0.2, -0.15) is 18.2 Å². The second-order valence-electron chi connectivity index (χ2n) is 14.1. The molecule has 3 heterocycles. The van der Waals surface area contributed by atoms with Gasteiger partial charge in [-0.15, -0.1) is 0 Å². The number of allylic oxidation sites excluding steroid dienone is 2. The molecule has 4 aliphatic rings. The van der Waals surface area contributed by atoms with Crippen LogP contribution in [0.15, 0.2) is 90.6 Å². The first kappa shape index (κ1) is 37.9. The lowest BCUT2D eigenvalue weighted by Gasteiger charge is -2.50. The van der Waals surface area contributed by atoms with Crippen molar-refractivity contribution in [2.24, 2.45) is 23.7 Å². The molecule has 2 N–H and O–H groups in total. The second-order valence-corrected chi connectivity index (χ2v) is 15.0. The maximum absolute atomic E-state index is 15.3. The Hall–Kier alpha value is -6.00. The highest BCUT2D eigenvalue weighted by Gasteiger charge is 2.71. The zero-order chi connectivity index (χ0) is 40.7. The number of hydrazine groups is 1. The van der Waals surface area contributed by atoms with Crippen LogP contribution in [0.4, 0.5) is 30.4 Å². The summed E-state index contributed by atoms with van der Waals surface area (Å²) in [6, 6.07) is 16.1. The van der Waals surface area contributed by atoms with E-state index in [2.05, 4.69) is 10.4 Å². The predicted molar refractivity (Wildman–Crippen MR) is 197 cm³/mol. The minimum Gasteiger partial charge on any atom is -0.508 e. The quantitative estimate of drug-likeness (QED) is 0.0839. The molecule has 0 radical (unpaired) electrons. The summed E-state index contributed by atoms with van der Waals surface area (Å²) in [5, 5.41) is 22.3. The SMILES string of the molecule is COc1cc(O)ccc1[C@H]1C2=CC[C@@H]3C(=O)N(c4ccc([N+](=O)[O-])cc4)C(=O)[C@@H]3[C@@H]2C[C@H]2C(=O)N(Nc3ncc(C(F)(F)F)cc3Cl)C(=O)[C@@]12c1ccc(Cl)cc1. The van der Waals surface area contributed by atoms with Crippen LogP contribution in [0.1, 0.15) is 35.4 Å². The molecule has 6 atom stereocenters. The Morgan fingerprint density at radius 1 is 0.965 bits per heavy atom. The summed E-state index contributed by atoms with van der Waals surface area (Å²) in [5.41, 5.74) is 0.667. The Bertz CT molecular complexity index is 2430. The van der Waals surface area contributed by atoms with Crippen LogP contribution in [0.3, 0.4) is 0 Å². The molecule has 0 spiro atoms. The Balaban J connectivity index is 1.31. The summed E-state index contributed by atoms with van der Waals surface area (Å²) in [6.45, 7) is 0. The highest BCUT2D eigenvalue weighted by atomic mass is 35.5. The van der Waals surface area contributed by atoms with Crippen LogP contribution in [0.5, 0.6) is 11.5 Å². The van der Waals surface area contributed by atoms with Crippen molar-refractivity contribution in [3.8, 4) is 11.5 Å². The van der Waals surface area contributed by atoms with Crippen LogP contribution in [-0.2, 0) is 30.8 Å². The monoisotopic (exact) mass is 821 g/mol. The molecule has 3 aromatic carbocycles. The van der Waals surface area contributed by atoms with Crippen molar-refractivity contribution in [2.45, 2.75) is 30.4 Å². The van der Waals surface area contributed by atoms with E-state index in [9.17, 15) is 42.8 Å². The fourth-order valence-electron chi connectivity index (χ4n) is 9.04. The molecule has 2 aliphatic heterocycles. The highest BCUT2D eigenvalue weighted by Crippen LogP contribution is 2.65. The molecule has 2 aliphatic carbocycles. The number of nitro benzene ring substituents is 1. The number of pyridine rings is 1. The number of amides is 4. The predicted octanol–water partition coefficient (Wildman–Crippen LogP) is 7.22. The number of rotatable bonds is 7. The third-order valence-corrected chi connectivity index (χ3v) is 11.9. The summed E-state index contributed by atoms with van der Waals surface area (Å²) in [6.07, 6.45) is -2.59. The van der Waals surface area contributed by atoms with Gasteiger partial charge in [-0.3, -0.25) is 39.6 Å². The number of aromatic hydroxyl groups is 1. The van der Waals surface area contributed by atoms with Gasteiger partial charge in [0.1, 0.15) is 11.5 Å². The first-order valence-corrected chi connectivity index (χ1v) is 18.2. The molecular weight excluding hydrogens is 794 g/mol. The van der Waals surface area contributed by atoms with Crippen LogP contribution < -0.4 is 15.1 Å². The Morgan fingerprint density at radius 2 is 1.67 bits per heavy atom. The van der Waals surface area contributed by atoms with Crippen molar-refractivity contribution in [3.05, 3.63) is 127 Å². The van der Waals surface area contributed by atoms with Crippen molar-refractivity contribution >= 4 is 64.0 Å². The molecule has 8 rings (SSSR count). The van der Waals surface area contributed by atoms with Gasteiger partial charge >= 0.3 is 6.18 Å². The standard InChI is InChI=1S/C39H28Cl2F3N5O8/c1-57-30-15-23(50)10-11-25(30)32-24-12-13-26-31(36(53)47(34(26)51)21-6-8-22(9-7-21)49(55)56)27(24)16-28-35(52)48(37(54)38(28,32)18-2-4-20(40)5-3-18)46-33-29(41)14-19(17-45-33)39(42,43)44/h2-12,14-15,17,26-28,31-32,50H,13,16H2,1H3,(H,45,46)/t26-,27+,28-,31-,32+,38+/m0/s1. The molecule has 4 amide bonds. The number of aromatic nitrogens is 1. The number of non-ortho nitro benzene ring substituents is 1. The van der Waals surface area contributed by atoms with Crippen molar-refractivity contribution < 1.29 is 47.1 Å².